The van der Waals surface area contributed by atoms with E-state index in [1.54, 1.807) is 0 Å². The molecule has 0 saturated heterocycles. The summed E-state index contributed by atoms with van der Waals surface area (Å²) in [5.74, 6) is -1.77. The number of hydrogen-bond acceptors (Lipinski definition) is 3. The molecule has 1 aromatic rings. The summed E-state index contributed by atoms with van der Waals surface area (Å²) in [4.78, 5) is 0. The molecule has 1 rings (SSSR count). The molecular formula is C13H19F2NO2. The van der Waals surface area contributed by atoms with Crippen LogP contribution in [-0.2, 0) is 9.47 Å². The topological polar surface area (TPSA) is 44.5 Å². The quantitative estimate of drug-likeness (QED) is 0.729. The maximum absolute atomic E-state index is 13.0. The molecule has 1 atom stereocenters. The molecule has 0 saturated carbocycles. The first-order valence-corrected chi connectivity index (χ1v) is 6.01. The summed E-state index contributed by atoms with van der Waals surface area (Å²) in [6.07, 6.45) is 0.967. The van der Waals surface area contributed by atoms with E-state index in [2.05, 4.69) is 0 Å². The van der Waals surface area contributed by atoms with Gasteiger partial charge < -0.3 is 15.2 Å². The molecule has 0 amide bonds. The highest BCUT2D eigenvalue weighted by Gasteiger charge is 2.09. The van der Waals surface area contributed by atoms with Crippen LogP contribution >= 0.6 is 0 Å². The number of nitrogens with two attached hydrogens (primary N) is 1. The van der Waals surface area contributed by atoms with Gasteiger partial charge in [-0.25, -0.2) is 8.78 Å². The Hall–Kier alpha value is -1.04. The summed E-state index contributed by atoms with van der Waals surface area (Å²) in [6, 6.07) is 3.15. The van der Waals surface area contributed by atoms with E-state index in [4.69, 9.17) is 15.2 Å². The van der Waals surface area contributed by atoms with E-state index in [1.807, 2.05) is 6.92 Å². The zero-order valence-corrected chi connectivity index (χ0v) is 10.5. The van der Waals surface area contributed by atoms with Gasteiger partial charge in [0.05, 0.1) is 25.9 Å². The molecule has 102 valence electrons. The summed E-state index contributed by atoms with van der Waals surface area (Å²) in [7, 11) is 0. The van der Waals surface area contributed by atoms with E-state index in [9.17, 15) is 8.78 Å². The van der Waals surface area contributed by atoms with Crippen LogP contribution in [0.3, 0.4) is 0 Å². The van der Waals surface area contributed by atoms with Gasteiger partial charge in [0.15, 0.2) is 11.6 Å². The first-order valence-electron chi connectivity index (χ1n) is 6.01. The second kappa shape index (κ2) is 8.13. The molecule has 0 aliphatic carbocycles. The summed E-state index contributed by atoms with van der Waals surface area (Å²) in [6.45, 7) is 3.94. The van der Waals surface area contributed by atoms with Crippen molar-refractivity contribution < 1.29 is 18.3 Å². The molecular weight excluding hydrogens is 240 g/mol. The van der Waals surface area contributed by atoms with Crippen LogP contribution in [0.15, 0.2) is 18.2 Å². The highest BCUT2D eigenvalue weighted by molar-refractivity contribution is 5.20. The van der Waals surface area contributed by atoms with Crippen molar-refractivity contribution in [1.29, 1.82) is 0 Å². The van der Waals surface area contributed by atoms with E-state index in [0.29, 0.717) is 25.4 Å². The predicted octanol–water partition coefficient (Wildman–Crippen LogP) is 2.41. The summed E-state index contributed by atoms with van der Waals surface area (Å²) in [5, 5.41) is 0. The van der Waals surface area contributed by atoms with Gasteiger partial charge in [-0.2, -0.15) is 0 Å². The van der Waals surface area contributed by atoms with Gasteiger partial charge in [0.25, 0.3) is 0 Å². The Bertz CT molecular complexity index is 361. The fourth-order valence-electron chi connectivity index (χ4n) is 1.41. The van der Waals surface area contributed by atoms with Gasteiger partial charge in [0.1, 0.15) is 0 Å². The Kier molecular flexibility index (Phi) is 6.78. The SMILES string of the molecule is CCCOCCOCC(N)c1ccc(F)c(F)c1. The molecule has 1 unspecified atom stereocenters. The number of halogens is 2. The first kappa shape index (κ1) is 15.0. The second-order valence-electron chi connectivity index (χ2n) is 3.97. The average Bonchev–Trinajstić information content (AvgIpc) is 2.36. The third-order valence-corrected chi connectivity index (χ3v) is 2.39. The largest absolute Gasteiger partial charge is 0.379 e. The van der Waals surface area contributed by atoms with Gasteiger partial charge in [0, 0.05) is 6.61 Å². The lowest BCUT2D eigenvalue weighted by molar-refractivity contribution is 0.0428. The minimum absolute atomic E-state index is 0.251. The zero-order chi connectivity index (χ0) is 13.4. The summed E-state index contributed by atoms with van der Waals surface area (Å²) < 4.78 is 36.2. The molecule has 0 aliphatic heterocycles. The smallest absolute Gasteiger partial charge is 0.159 e. The maximum Gasteiger partial charge on any atom is 0.159 e. The fraction of sp³-hybridized carbons (Fsp3) is 0.538. The van der Waals surface area contributed by atoms with Crippen LogP contribution in [0.1, 0.15) is 24.9 Å². The Morgan fingerprint density at radius 2 is 1.83 bits per heavy atom. The highest BCUT2D eigenvalue weighted by atomic mass is 19.2. The first-order chi connectivity index (χ1) is 8.65. The molecule has 0 bridgehead atoms. The minimum Gasteiger partial charge on any atom is -0.379 e. The Labute approximate surface area is 106 Å². The van der Waals surface area contributed by atoms with Gasteiger partial charge in [-0.15, -0.1) is 0 Å². The molecule has 0 fully saturated rings. The highest BCUT2D eigenvalue weighted by Crippen LogP contribution is 2.14. The maximum atomic E-state index is 13.0. The van der Waals surface area contributed by atoms with Crippen LogP contribution in [0, 0.1) is 11.6 Å². The number of hydrogen-bond donors (Lipinski definition) is 1. The summed E-state index contributed by atoms with van der Waals surface area (Å²) >= 11 is 0. The fourth-order valence-corrected chi connectivity index (χ4v) is 1.41. The Morgan fingerprint density at radius 3 is 2.50 bits per heavy atom. The van der Waals surface area contributed by atoms with Gasteiger partial charge in [-0.1, -0.05) is 13.0 Å². The lowest BCUT2D eigenvalue weighted by Crippen LogP contribution is -2.19. The lowest BCUT2D eigenvalue weighted by atomic mass is 10.1. The number of rotatable bonds is 8. The average molecular weight is 259 g/mol. The molecule has 5 heteroatoms. The molecule has 0 aromatic heterocycles. The van der Waals surface area contributed by atoms with Gasteiger partial charge in [0.2, 0.25) is 0 Å². The third-order valence-electron chi connectivity index (χ3n) is 2.39. The third kappa shape index (κ3) is 5.08. The van der Waals surface area contributed by atoms with Crippen molar-refractivity contribution in [3.63, 3.8) is 0 Å². The number of ether oxygens (including phenoxy) is 2. The van der Waals surface area contributed by atoms with E-state index in [1.165, 1.54) is 6.07 Å². The minimum atomic E-state index is -0.894. The lowest BCUT2D eigenvalue weighted by Gasteiger charge is -2.13. The molecule has 0 aliphatic rings. The van der Waals surface area contributed by atoms with Crippen LogP contribution in [0.5, 0.6) is 0 Å². The standard InChI is InChI=1S/C13H19F2NO2/c1-2-5-17-6-7-18-9-13(16)10-3-4-11(14)12(15)8-10/h3-4,8,13H,2,5-7,9,16H2,1H3. The zero-order valence-electron chi connectivity index (χ0n) is 10.5. The van der Waals surface area contributed by atoms with Crippen molar-refractivity contribution in [3.05, 3.63) is 35.4 Å². The van der Waals surface area contributed by atoms with E-state index in [0.717, 1.165) is 18.6 Å². The number of benzene rings is 1. The van der Waals surface area contributed by atoms with Crippen molar-refractivity contribution in [2.75, 3.05) is 26.4 Å². The van der Waals surface area contributed by atoms with Crippen LogP contribution in [0.25, 0.3) is 0 Å². The molecule has 3 nitrogen and oxygen atoms in total. The van der Waals surface area contributed by atoms with Crippen LogP contribution < -0.4 is 5.73 Å². The van der Waals surface area contributed by atoms with Crippen molar-refractivity contribution in [2.24, 2.45) is 5.73 Å². The van der Waals surface area contributed by atoms with Crippen LogP contribution in [0.4, 0.5) is 8.78 Å². The van der Waals surface area contributed by atoms with Crippen LogP contribution in [0.2, 0.25) is 0 Å². The molecule has 18 heavy (non-hydrogen) atoms. The van der Waals surface area contributed by atoms with Crippen molar-refractivity contribution in [1.82, 2.24) is 0 Å². The van der Waals surface area contributed by atoms with Crippen LogP contribution in [-0.4, -0.2) is 26.4 Å². The molecule has 0 heterocycles. The molecule has 0 radical (unpaired) electrons. The molecule has 1 aromatic carbocycles. The predicted molar refractivity (Wildman–Crippen MR) is 65.2 cm³/mol. The van der Waals surface area contributed by atoms with E-state index < -0.39 is 17.7 Å². The second-order valence-corrected chi connectivity index (χ2v) is 3.97. The molecule has 0 spiro atoms. The van der Waals surface area contributed by atoms with Gasteiger partial charge >= 0.3 is 0 Å². The van der Waals surface area contributed by atoms with Gasteiger partial charge in [-0.05, 0) is 24.1 Å². The Morgan fingerprint density at radius 1 is 1.11 bits per heavy atom. The summed E-state index contributed by atoms with van der Waals surface area (Å²) in [5.41, 5.74) is 6.32. The van der Waals surface area contributed by atoms with Gasteiger partial charge in [-0.3, -0.25) is 0 Å². The normalized spacial score (nSPS) is 12.7. The molecule has 2 N–H and O–H groups in total. The Balaban J connectivity index is 2.27. The van der Waals surface area contributed by atoms with Crippen molar-refractivity contribution in [2.45, 2.75) is 19.4 Å². The van der Waals surface area contributed by atoms with E-state index in [-0.39, 0.29) is 6.61 Å². The van der Waals surface area contributed by atoms with E-state index >= 15 is 0 Å². The monoisotopic (exact) mass is 259 g/mol. The van der Waals surface area contributed by atoms with Crippen molar-refractivity contribution in [3.8, 4) is 0 Å². The van der Waals surface area contributed by atoms with Crippen molar-refractivity contribution >= 4 is 0 Å².